The molecule has 1 fully saturated rings. The first kappa shape index (κ1) is 14.2. The lowest BCUT2D eigenvalue weighted by molar-refractivity contribution is 0.0871. The van der Waals surface area contributed by atoms with Gasteiger partial charge in [0, 0.05) is 11.6 Å². The first-order valence-corrected chi connectivity index (χ1v) is 7.05. The lowest BCUT2D eigenvalue weighted by Gasteiger charge is -2.34. The molecule has 3 nitrogen and oxygen atoms in total. The van der Waals surface area contributed by atoms with Crippen LogP contribution in [0.15, 0.2) is 24.3 Å². The Labute approximate surface area is 116 Å². The van der Waals surface area contributed by atoms with Gasteiger partial charge in [0.25, 0.3) is 0 Å². The van der Waals surface area contributed by atoms with Gasteiger partial charge in [-0.25, -0.2) is 0 Å². The molecule has 1 aliphatic heterocycles. The summed E-state index contributed by atoms with van der Waals surface area (Å²) in [5.41, 5.74) is 1.94. The van der Waals surface area contributed by atoms with Crippen LogP contribution in [0.25, 0.3) is 0 Å². The minimum absolute atomic E-state index is 0.236. The van der Waals surface area contributed by atoms with E-state index in [-0.39, 0.29) is 5.78 Å². The first-order valence-electron chi connectivity index (χ1n) is 7.05. The Kier molecular flexibility index (Phi) is 4.72. The van der Waals surface area contributed by atoms with E-state index in [4.69, 9.17) is 0 Å². The highest BCUT2D eigenvalue weighted by Crippen LogP contribution is 2.15. The largest absolute Gasteiger partial charge is 0.306 e. The van der Waals surface area contributed by atoms with Crippen LogP contribution in [0.5, 0.6) is 0 Å². The van der Waals surface area contributed by atoms with E-state index in [1.165, 1.54) is 0 Å². The standard InChI is InChI=1S/C16H24N2O/c1-13-6-4-5-7-15(13)16(19)12-18(3)14-8-10-17(2)11-9-14/h4-7,14H,8-12H2,1-3H3. The van der Waals surface area contributed by atoms with E-state index in [0.29, 0.717) is 12.6 Å². The first-order chi connectivity index (χ1) is 9.08. The van der Waals surface area contributed by atoms with Gasteiger partial charge in [-0.1, -0.05) is 24.3 Å². The lowest BCUT2D eigenvalue weighted by Crippen LogP contribution is -2.43. The van der Waals surface area contributed by atoms with Crippen LogP contribution in [0, 0.1) is 6.92 Å². The molecule has 0 atom stereocenters. The van der Waals surface area contributed by atoms with Crippen LogP contribution in [0.2, 0.25) is 0 Å². The number of likely N-dealkylation sites (N-methyl/N-ethyl adjacent to an activating group) is 1. The fraction of sp³-hybridized carbons (Fsp3) is 0.562. The Balaban J connectivity index is 1.94. The number of benzene rings is 1. The molecule has 0 aromatic heterocycles. The Morgan fingerprint density at radius 3 is 2.58 bits per heavy atom. The number of likely N-dealkylation sites (tertiary alicyclic amines) is 1. The van der Waals surface area contributed by atoms with Crippen LogP contribution in [0.1, 0.15) is 28.8 Å². The number of ketones is 1. The SMILES string of the molecule is Cc1ccccc1C(=O)CN(C)C1CCN(C)CC1. The summed E-state index contributed by atoms with van der Waals surface area (Å²) < 4.78 is 0. The van der Waals surface area contributed by atoms with E-state index in [0.717, 1.165) is 37.1 Å². The van der Waals surface area contributed by atoms with E-state index in [1.807, 2.05) is 31.2 Å². The van der Waals surface area contributed by atoms with E-state index >= 15 is 0 Å². The average molecular weight is 260 g/mol. The van der Waals surface area contributed by atoms with Crippen molar-refractivity contribution in [3.8, 4) is 0 Å². The van der Waals surface area contributed by atoms with E-state index in [2.05, 4.69) is 23.9 Å². The van der Waals surface area contributed by atoms with E-state index in [1.54, 1.807) is 0 Å². The molecule has 19 heavy (non-hydrogen) atoms. The monoisotopic (exact) mass is 260 g/mol. The fourth-order valence-corrected chi connectivity index (χ4v) is 2.76. The molecule has 3 heteroatoms. The number of nitrogens with zero attached hydrogens (tertiary/aromatic N) is 2. The van der Waals surface area contributed by atoms with Crippen LogP contribution in [-0.4, -0.2) is 55.4 Å². The molecule has 1 heterocycles. The van der Waals surface area contributed by atoms with Crippen molar-refractivity contribution in [2.75, 3.05) is 33.7 Å². The number of rotatable bonds is 4. The van der Waals surface area contributed by atoms with Crippen molar-refractivity contribution in [3.05, 3.63) is 35.4 Å². The maximum absolute atomic E-state index is 12.3. The third-order valence-electron chi connectivity index (χ3n) is 4.15. The Hall–Kier alpha value is -1.19. The van der Waals surface area contributed by atoms with Crippen molar-refractivity contribution >= 4 is 5.78 Å². The van der Waals surface area contributed by atoms with Gasteiger partial charge in [-0.05, 0) is 52.5 Å². The number of piperidine rings is 1. The van der Waals surface area contributed by atoms with Crippen molar-refractivity contribution in [2.24, 2.45) is 0 Å². The summed E-state index contributed by atoms with van der Waals surface area (Å²) in [4.78, 5) is 16.9. The van der Waals surface area contributed by atoms with E-state index in [9.17, 15) is 4.79 Å². The minimum Gasteiger partial charge on any atom is -0.306 e. The number of hydrogen-bond donors (Lipinski definition) is 0. The molecule has 1 saturated heterocycles. The average Bonchev–Trinajstić information content (AvgIpc) is 2.39. The zero-order chi connectivity index (χ0) is 13.8. The second kappa shape index (κ2) is 6.31. The topological polar surface area (TPSA) is 23.6 Å². The third kappa shape index (κ3) is 3.64. The predicted molar refractivity (Wildman–Crippen MR) is 78.7 cm³/mol. The zero-order valence-electron chi connectivity index (χ0n) is 12.2. The van der Waals surface area contributed by atoms with Gasteiger partial charge in [0.2, 0.25) is 0 Å². The Bertz CT molecular complexity index is 436. The van der Waals surface area contributed by atoms with Gasteiger partial charge in [0.05, 0.1) is 6.54 Å². The summed E-state index contributed by atoms with van der Waals surface area (Å²) in [7, 11) is 4.24. The highest BCUT2D eigenvalue weighted by atomic mass is 16.1. The second-order valence-corrected chi connectivity index (χ2v) is 5.69. The zero-order valence-corrected chi connectivity index (χ0v) is 12.2. The quantitative estimate of drug-likeness (QED) is 0.775. The van der Waals surface area contributed by atoms with Gasteiger partial charge < -0.3 is 4.90 Å². The third-order valence-corrected chi connectivity index (χ3v) is 4.15. The summed E-state index contributed by atoms with van der Waals surface area (Å²) in [6.45, 7) is 4.79. The molecule has 0 amide bonds. The van der Waals surface area contributed by atoms with Gasteiger partial charge >= 0.3 is 0 Å². The van der Waals surface area contributed by atoms with Crippen LogP contribution < -0.4 is 0 Å². The normalized spacial score (nSPS) is 17.9. The van der Waals surface area contributed by atoms with Gasteiger partial charge in [0.15, 0.2) is 5.78 Å². The van der Waals surface area contributed by atoms with Crippen LogP contribution in [0.4, 0.5) is 0 Å². The van der Waals surface area contributed by atoms with Crippen LogP contribution in [0.3, 0.4) is 0 Å². The summed E-state index contributed by atoms with van der Waals surface area (Å²) >= 11 is 0. The smallest absolute Gasteiger partial charge is 0.177 e. The molecule has 0 N–H and O–H groups in total. The number of aryl methyl sites for hydroxylation is 1. The number of carbonyl (C=O) groups excluding carboxylic acids is 1. The molecule has 0 aliphatic carbocycles. The number of carbonyl (C=O) groups is 1. The molecule has 0 radical (unpaired) electrons. The van der Waals surface area contributed by atoms with Crippen molar-refractivity contribution in [1.82, 2.24) is 9.80 Å². The van der Waals surface area contributed by atoms with Crippen molar-refractivity contribution in [3.63, 3.8) is 0 Å². The fourth-order valence-electron chi connectivity index (χ4n) is 2.76. The molecule has 1 aliphatic rings. The molecular weight excluding hydrogens is 236 g/mol. The summed E-state index contributed by atoms with van der Waals surface area (Å²) in [6.07, 6.45) is 2.32. The van der Waals surface area contributed by atoms with Crippen LogP contribution in [-0.2, 0) is 0 Å². The summed E-state index contributed by atoms with van der Waals surface area (Å²) in [5, 5.41) is 0. The summed E-state index contributed by atoms with van der Waals surface area (Å²) in [5.74, 6) is 0.236. The van der Waals surface area contributed by atoms with Gasteiger partial charge in [-0.15, -0.1) is 0 Å². The molecule has 104 valence electrons. The Morgan fingerprint density at radius 1 is 1.32 bits per heavy atom. The van der Waals surface area contributed by atoms with Gasteiger partial charge in [-0.2, -0.15) is 0 Å². The molecule has 0 unspecified atom stereocenters. The van der Waals surface area contributed by atoms with Crippen molar-refractivity contribution in [2.45, 2.75) is 25.8 Å². The number of hydrogen-bond acceptors (Lipinski definition) is 3. The maximum Gasteiger partial charge on any atom is 0.177 e. The van der Waals surface area contributed by atoms with Gasteiger partial charge in [-0.3, -0.25) is 9.69 Å². The molecular formula is C16H24N2O. The summed E-state index contributed by atoms with van der Waals surface area (Å²) in [6, 6.07) is 8.40. The maximum atomic E-state index is 12.3. The highest BCUT2D eigenvalue weighted by Gasteiger charge is 2.22. The Morgan fingerprint density at radius 2 is 1.95 bits per heavy atom. The molecule has 2 rings (SSSR count). The molecule has 1 aromatic carbocycles. The highest BCUT2D eigenvalue weighted by molar-refractivity contribution is 5.98. The second-order valence-electron chi connectivity index (χ2n) is 5.69. The molecule has 0 saturated carbocycles. The number of Topliss-reactive ketones (excluding diaryl/α,β-unsaturated/α-hetero) is 1. The van der Waals surface area contributed by atoms with Crippen LogP contribution >= 0.6 is 0 Å². The predicted octanol–water partition coefficient (Wildman–Crippen LogP) is 2.20. The molecule has 1 aromatic rings. The van der Waals surface area contributed by atoms with Crippen molar-refractivity contribution in [1.29, 1.82) is 0 Å². The lowest BCUT2D eigenvalue weighted by atomic mass is 10.0. The van der Waals surface area contributed by atoms with Gasteiger partial charge in [0.1, 0.15) is 0 Å². The van der Waals surface area contributed by atoms with Crippen molar-refractivity contribution < 1.29 is 4.79 Å². The minimum atomic E-state index is 0.236. The van der Waals surface area contributed by atoms with E-state index < -0.39 is 0 Å². The molecule has 0 spiro atoms. The molecule has 0 bridgehead atoms.